The average molecular weight is 480 g/mol. The second-order valence-corrected chi connectivity index (χ2v) is 9.86. The quantitative estimate of drug-likeness (QED) is 0.572. The number of methoxy groups -OCH3 is 2. The molecule has 0 radical (unpaired) electrons. The molecule has 0 bridgehead atoms. The van der Waals surface area contributed by atoms with E-state index in [-0.39, 0.29) is 6.23 Å². The first-order valence-corrected chi connectivity index (χ1v) is 12.8. The minimum atomic E-state index is -0.318. The van der Waals surface area contributed by atoms with Crippen molar-refractivity contribution in [3.63, 3.8) is 0 Å². The molecule has 1 unspecified atom stereocenters. The molecule has 2 aromatic heterocycles. The number of imidazole rings is 1. The largest absolute Gasteiger partial charge is 0.493 e. The van der Waals surface area contributed by atoms with Crippen molar-refractivity contribution in [2.24, 2.45) is 5.92 Å². The lowest BCUT2D eigenvalue weighted by Crippen LogP contribution is -2.52. The van der Waals surface area contributed by atoms with Crippen molar-refractivity contribution >= 4 is 11.3 Å². The number of hydrogen-bond donors (Lipinski definition) is 1. The number of aromatic nitrogens is 3. The number of nitrogens with zero attached hydrogens (tertiary/aromatic N) is 5. The van der Waals surface area contributed by atoms with Crippen LogP contribution in [0.1, 0.15) is 43.5 Å². The van der Waals surface area contributed by atoms with E-state index in [1.165, 1.54) is 19.3 Å². The fraction of sp³-hybridized carbons (Fsp3) is 0.556. The van der Waals surface area contributed by atoms with Crippen LogP contribution in [-0.4, -0.2) is 71.2 Å². The molecule has 3 aromatic rings. The van der Waals surface area contributed by atoms with Gasteiger partial charge in [0.15, 0.2) is 17.1 Å². The lowest BCUT2D eigenvalue weighted by molar-refractivity contribution is -0.0527. The Kier molecular flexibility index (Phi) is 6.84. The van der Waals surface area contributed by atoms with Crippen molar-refractivity contribution in [2.45, 2.75) is 52.2 Å². The summed E-state index contributed by atoms with van der Waals surface area (Å²) in [5.41, 5.74) is 5.76. The van der Waals surface area contributed by atoms with Crippen molar-refractivity contribution in [3.8, 4) is 22.8 Å². The molecule has 8 heteroatoms. The number of ether oxygens (including phenoxy) is 2. The zero-order valence-electron chi connectivity index (χ0n) is 21.3. The molecule has 1 saturated heterocycles. The second kappa shape index (κ2) is 10.0. The number of fused-ring (bicyclic) bond motifs is 1. The van der Waals surface area contributed by atoms with E-state index in [0.29, 0.717) is 17.4 Å². The smallest absolute Gasteiger partial charge is 0.178 e. The molecule has 5 rings (SSSR count). The highest BCUT2D eigenvalue weighted by Gasteiger charge is 2.30. The summed E-state index contributed by atoms with van der Waals surface area (Å²) < 4.78 is 12.9. The number of aliphatic hydroxyl groups excluding tert-OH is 1. The van der Waals surface area contributed by atoms with Crippen molar-refractivity contribution in [2.75, 3.05) is 45.3 Å². The van der Waals surface area contributed by atoms with Gasteiger partial charge in [-0.25, -0.2) is 9.50 Å². The zero-order valence-corrected chi connectivity index (χ0v) is 21.3. The van der Waals surface area contributed by atoms with E-state index in [1.54, 1.807) is 14.2 Å². The Hall–Kier alpha value is -2.84. The highest BCUT2D eigenvalue weighted by Crippen LogP contribution is 2.36. The Labute approximate surface area is 207 Å². The molecule has 1 atom stereocenters. The van der Waals surface area contributed by atoms with Gasteiger partial charge in [0.1, 0.15) is 6.23 Å². The number of aliphatic hydroxyl groups is 1. The minimum Gasteiger partial charge on any atom is -0.493 e. The van der Waals surface area contributed by atoms with E-state index in [2.05, 4.69) is 15.9 Å². The van der Waals surface area contributed by atoms with E-state index < -0.39 is 0 Å². The molecule has 1 aliphatic carbocycles. The zero-order chi connectivity index (χ0) is 24.5. The van der Waals surface area contributed by atoms with Gasteiger partial charge < -0.3 is 19.5 Å². The maximum Gasteiger partial charge on any atom is 0.178 e. The molecule has 0 spiro atoms. The van der Waals surface area contributed by atoms with Gasteiger partial charge in [0.2, 0.25) is 0 Å². The molecule has 1 N–H and O–H groups in total. The molecule has 2 aliphatic rings. The van der Waals surface area contributed by atoms with E-state index >= 15 is 0 Å². The lowest BCUT2D eigenvalue weighted by atomic mass is 9.87. The summed E-state index contributed by atoms with van der Waals surface area (Å²) in [6.07, 6.45) is 5.79. The van der Waals surface area contributed by atoms with Gasteiger partial charge in [-0.2, -0.15) is 5.10 Å². The van der Waals surface area contributed by atoms with Crippen LogP contribution in [0.5, 0.6) is 11.5 Å². The molecule has 188 valence electrons. The molecule has 3 heterocycles. The van der Waals surface area contributed by atoms with Crippen molar-refractivity contribution < 1.29 is 14.6 Å². The fourth-order valence-corrected chi connectivity index (χ4v) is 5.74. The molecular weight excluding hydrogens is 442 g/mol. The maximum atomic E-state index is 11.0. The third kappa shape index (κ3) is 4.57. The van der Waals surface area contributed by atoms with E-state index in [1.807, 2.05) is 36.6 Å². The van der Waals surface area contributed by atoms with Crippen LogP contribution < -0.4 is 14.4 Å². The highest BCUT2D eigenvalue weighted by atomic mass is 16.5. The van der Waals surface area contributed by atoms with Crippen LogP contribution in [-0.2, 0) is 0 Å². The fourth-order valence-electron chi connectivity index (χ4n) is 5.74. The summed E-state index contributed by atoms with van der Waals surface area (Å²) in [7, 11) is 3.29. The summed E-state index contributed by atoms with van der Waals surface area (Å²) in [6.45, 7) is 7.49. The van der Waals surface area contributed by atoms with Crippen molar-refractivity contribution in [1.29, 1.82) is 0 Å². The van der Waals surface area contributed by atoms with Crippen LogP contribution in [0.4, 0.5) is 5.69 Å². The summed E-state index contributed by atoms with van der Waals surface area (Å²) in [5.74, 6) is 1.80. The number of aryl methyl sites for hydroxylation is 2. The Balaban J connectivity index is 1.42. The molecule has 1 saturated carbocycles. The predicted molar refractivity (Wildman–Crippen MR) is 137 cm³/mol. The van der Waals surface area contributed by atoms with Crippen LogP contribution >= 0.6 is 0 Å². The molecule has 1 aliphatic heterocycles. The summed E-state index contributed by atoms with van der Waals surface area (Å²) in [4.78, 5) is 9.61. The normalized spacial score (nSPS) is 18.7. The molecule has 8 nitrogen and oxygen atoms in total. The first-order valence-electron chi connectivity index (χ1n) is 12.8. The van der Waals surface area contributed by atoms with Crippen LogP contribution in [0.2, 0.25) is 0 Å². The molecule has 1 aromatic carbocycles. The maximum absolute atomic E-state index is 11.0. The van der Waals surface area contributed by atoms with Gasteiger partial charge in [0, 0.05) is 31.7 Å². The van der Waals surface area contributed by atoms with Crippen LogP contribution in [0, 0.1) is 19.8 Å². The van der Waals surface area contributed by atoms with E-state index in [4.69, 9.17) is 19.6 Å². The van der Waals surface area contributed by atoms with Crippen LogP contribution in [0.25, 0.3) is 16.9 Å². The Bertz CT molecular complexity index is 1180. The number of benzene rings is 1. The number of rotatable bonds is 6. The SMILES string of the molecule is COc1ccc(-c2c(C)nc3c(N4CCN(C(O)C5CCCCC5)CC4)cc(C)nn23)cc1OC. The summed E-state index contributed by atoms with van der Waals surface area (Å²) in [5, 5.41) is 15.8. The van der Waals surface area contributed by atoms with Gasteiger partial charge in [-0.1, -0.05) is 19.3 Å². The molecule has 0 amide bonds. The Morgan fingerprint density at radius 2 is 1.66 bits per heavy atom. The van der Waals surface area contributed by atoms with Crippen LogP contribution in [0.3, 0.4) is 0 Å². The Morgan fingerprint density at radius 3 is 2.34 bits per heavy atom. The first kappa shape index (κ1) is 23.9. The van der Waals surface area contributed by atoms with Gasteiger partial charge in [-0.3, -0.25) is 4.90 Å². The topological polar surface area (TPSA) is 75.4 Å². The monoisotopic (exact) mass is 479 g/mol. The molecular formula is C27H37N5O3. The first-order chi connectivity index (χ1) is 17.0. The van der Waals surface area contributed by atoms with Gasteiger partial charge in [0.25, 0.3) is 0 Å². The number of hydrogen-bond acceptors (Lipinski definition) is 7. The average Bonchev–Trinajstić information content (AvgIpc) is 3.23. The van der Waals surface area contributed by atoms with Crippen molar-refractivity contribution in [1.82, 2.24) is 19.5 Å². The molecule has 35 heavy (non-hydrogen) atoms. The molecule has 2 fully saturated rings. The Morgan fingerprint density at radius 1 is 0.943 bits per heavy atom. The van der Waals surface area contributed by atoms with Crippen LogP contribution in [0.15, 0.2) is 24.3 Å². The summed E-state index contributed by atoms with van der Waals surface area (Å²) >= 11 is 0. The van der Waals surface area contributed by atoms with E-state index in [0.717, 1.165) is 73.0 Å². The third-order valence-corrected chi connectivity index (χ3v) is 7.62. The number of anilines is 1. The van der Waals surface area contributed by atoms with Gasteiger partial charge in [-0.15, -0.1) is 0 Å². The lowest BCUT2D eigenvalue weighted by Gasteiger charge is -2.41. The standard InChI is InChI=1S/C27H37N5O3/c1-18-16-22(30-12-14-31(15-13-30)27(33)20-8-6-5-7-9-20)26-28-19(2)25(32(26)29-18)21-10-11-23(34-3)24(17-21)35-4/h10-11,16-17,20,27,33H,5-9,12-15H2,1-4H3. The third-order valence-electron chi connectivity index (χ3n) is 7.62. The van der Waals surface area contributed by atoms with E-state index in [9.17, 15) is 5.11 Å². The second-order valence-electron chi connectivity index (χ2n) is 9.86. The predicted octanol–water partition coefficient (Wildman–Crippen LogP) is 4.05. The highest BCUT2D eigenvalue weighted by molar-refractivity contribution is 5.76. The summed E-state index contributed by atoms with van der Waals surface area (Å²) in [6, 6.07) is 8.05. The minimum absolute atomic E-state index is 0.318. The number of piperazine rings is 1. The van der Waals surface area contributed by atoms with Crippen molar-refractivity contribution in [3.05, 3.63) is 35.7 Å². The van der Waals surface area contributed by atoms with Gasteiger partial charge >= 0.3 is 0 Å². The van der Waals surface area contributed by atoms with Gasteiger partial charge in [0.05, 0.1) is 37.0 Å². The van der Waals surface area contributed by atoms with Gasteiger partial charge in [-0.05, 0) is 56.9 Å².